The van der Waals surface area contributed by atoms with Gasteiger partial charge in [0.25, 0.3) is 5.91 Å². The fourth-order valence-electron chi connectivity index (χ4n) is 3.01. The van der Waals surface area contributed by atoms with E-state index in [-0.39, 0.29) is 29.3 Å². The van der Waals surface area contributed by atoms with Crippen molar-refractivity contribution in [3.8, 4) is 22.6 Å². The number of rotatable bonds is 7. The van der Waals surface area contributed by atoms with Crippen LogP contribution in [-0.4, -0.2) is 40.5 Å². The minimum atomic E-state index is -5.29. The van der Waals surface area contributed by atoms with E-state index in [1.807, 2.05) is 0 Å². The summed E-state index contributed by atoms with van der Waals surface area (Å²) in [6.45, 7) is -0.100. The smallest absolute Gasteiger partial charge is 0.491 e. The number of esters is 1. The third-order valence-corrected chi connectivity index (χ3v) is 4.79. The number of nitrogens with one attached hydrogen (secondary N) is 3. The predicted molar refractivity (Wildman–Crippen MR) is 125 cm³/mol. The molecular formula is C24H19F3N4O5. The van der Waals surface area contributed by atoms with Gasteiger partial charge in [0, 0.05) is 29.9 Å². The lowest BCUT2D eigenvalue weighted by molar-refractivity contribution is -0.189. The first kappa shape index (κ1) is 25.7. The molecule has 1 amide bonds. The first-order valence-corrected chi connectivity index (χ1v) is 10.2. The van der Waals surface area contributed by atoms with Crippen LogP contribution in [-0.2, 0) is 4.79 Å². The fourth-order valence-corrected chi connectivity index (χ4v) is 3.01. The maximum absolute atomic E-state index is 12.8. The maximum atomic E-state index is 12.8. The number of carbonyl (C=O) groups is 2. The molecule has 2 aromatic carbocycles. The summed E-state index contributed by atoms with van der Waals surface area (Å²) in [6, 6.07) is 10.5. The minimum Gasteiger partial charge on any atom is -0.507 e. The normalized spacial score (nSPS) is 11.3. The summed E-state index contributed by atoms with van der Waals surface area (Å²) in [6.07, 6.45) is -1.08. The number of halogens is 3. The van der Waals surface area contributed by atoms with Gasteiger partial charge in [-0.25, -0.2) is 4.79 Å². The Morgan fingerprint density at radius 3 is 2.47 bits per heavy atom. The number of aromatic hydroxyl groups is 1. The van der Waals surface area contributed by atoms with E-state index in [4.69, 9.17) is 11.1 Å². The second kappa shape index (κ2) is 10.6. The van der Waals surface area contributed by atoms with Crippen molar-refractivity contribution in [3.63, 3.8) is 0 Å². The average molecular weight is 500 g/mol. The minimum absolute atomic E-state index is 0.0956. The van der Waals surface area contributed by atoms with Crippen molar-refractivity contribution in [1.82, 2.24) is 10.3 Å². The van der Waals surface area contributed by atoms with Gasteiger partial charge in [-0.1, -0.05) is 18.2 Å². The van der Waals surface area contributed by atoms with Crippen molar-refractivity contribution >= 4 is 23.8 Å². The summed E-state index contributed by atoms with van der Waals surface area (Å²) in [7, 11) is 0. The molecule has 0 radical (unpaired) electrons. The topological polar surface area (TPSA) is 158 Å². The molecule has 12 heteroatoms. The summed E-state index contributed by atoms with van der Waals surface area (Å²) in [5, 5.41) is 19.8. The Morgan fingerprint density at radius 1 is 1.11 bits per heavy atom. The van der Waals surface area contributed by atoms with Gasteiger partial charge in [0.05, 0.1) is 5.56 Å². The van der Waals surface area contributed by atoms with Crippen LogP contribution in [0.3, 0.4) is 0 Å². The number of ether oxygens (including phenoxy) is 1. The van der Waals surface area contributed by atoms with Crippen LogP contribution < -0.4 is 21.3 Å². The number of hydrogen-bond donors (Lipinski definition) is 5. The number of phenols is 1. The zero-order chi connectivity index (χ0) is 26.5. The molecule has 0 atom stereocenters. The number of aromatic amines is 1. The van der Waals surface area contributed by atoms with Crippen LogP contribution in [0.4, 0.5) is 13.2 Å². The van der Waals surface area contributed by atoms with Crippen LogP contribution in [0.25, 0.3) is 17.2 Å². The van der Waals surface area contributed by atoms with Crippen LogP contribution in [0, 0.1) is 5.41 Å². The predicted octanol–water partition coefficient (Wildman–Crippen LogP) is 2.94. The summed E-state index contributed by atoms with van der Waals surface area (Å²) in [4.78, 5) is 37.8. The summed E-state index contributed by atoms with van der Waals surface area (Å²) < 4.78 is 42.8. The van der Waals surface area contributed by atoms with Crippen molar-refractivity contribution < 1.29 is 32.6 Å². The second-order valence-corrected chi connectivity index (χ2v) is 7.34. The van der Waals surface area contributed by atoms with Crippen LogP contribution in [0.1, 0.15) is 21.5 Å². The van der Waals surface area contributed by atoms with Gasteiger partial charge in [0.15, 0.2) is 0 Å². The number of phenolic OH excluding ortho intramolecular Hbond substituents is 1. The highest BCUT2D eigenvalue weighted by atomic mass is 19.4. The molecule has 186 valence electrons. The van der Waals surface area contributed by atoms with Gasteiger partial charge in [-0.15, -0.1) is 0 Å². The van der Waals surface area contributed by atoms with E-state index >= 15 is 0 Å². The number of nitrogens with two attached hydrogens (primary N) is 1. The first-order chi connectivity index (χ1) is 17.0. The Bertz CT molecular complexity index is 1390. The Kier molecular flexibility index (Phi) is 7.58. The molecule has 0 saturated heterocycles. The molecule has 0 aliphatic rings. The van der Waals surface area contributed by atoms with Crippen molar-refractivity contribution in [1.29, 1.82) is 5.41 Å². The second-order valence-electron chi connectivity index (χ2n) is 7.34. The number of carbonyl (C=O) groups excluding carboxylic acids is 2. The number of aromatic nitrogens is 1. The number of H-pyrrole nitrogens is 1. The first-order valence-electron chi connectivity index (χ1n) is 10.2. The Morgan fingerprint density at radius 2 is 1.83 bits per heavy atom. The van der Waals surface area contributed by atoms with E-state index in [1.54, 1.807) is 0 Å². The standard InChI is InChI=1S/C24H19F3N4O5/c25-24(26,27)23(35)36-19-11-13(16-5-8-20(33)31-12-16)3-6-17(19)22(34)30-9-1-2-14-10-15(21(28)29)4-7-18(14)32/h1-8,10-12,32H,9H2,(H3,28,29)(H,30,34)(H,31,33)/b2-1+. The molecular weight excluding hydrogens is 481 g/mol. The van der Waals surface area contributed by atoms with E-state index in [0.29, 0.717) is 16.7 Å². The van der Waals surface area contributed by atoms with Crippen molar-refractivity contribution in [3.05, 3.63) is 87.8 Å². The van der Waals surface area contributed by atoms with E-state index in [1.165, 1.54) is 60.8 Å². The molecule has 0 fully saturated rings. The maximum Gasteiger partial charge on any atom is 0.491 e. The summed E-state index contributed by atoms with van der Waals surface area (Å²) in [5.41, 5.74) is 6.07. The van der Waals surface area contributed by atoms with Crippen molar-refractivity contribution in [2.75, 3.05) is 6.54 Å². The molecule has 0 bridgehead atoms. The molecule has 3 rings (SSSR count). The summed E-state index contributed by atoms with van der Waals surface area (Å²) >= 11 is 0. The summed E-state index contributed by atoms with van der Waals surface area (Å²) in [5.74, 6) is -4.27. The van der Waals surface area contributed by atoms with Crippen molar-refractivity contribution in [2.45, 2.75) is 6.18 Å². The van der Waals surface area contributed by atoms with Crippen LogP contribution >= 0.6 is 0 Å². The number of benzene rings is 2. The molecule has 0 unspecified atom stereocenters. The number of amides is 1. The van der Waals surface area contributed by atoms with Gasteiger partial charge in [-0.3, -0.25) is 15.0 Å². The third kappa shape index (κ3) is 6.38. The fraction of sp³-hybridized carbons (Fsp3) is 0.0833. The van der Waals surface area contributed by atoms with Gasteiger partial charge < -0.3 is 25.9 Å². The van der Waals surface area contributed by atoms with Gasteiger partial charge in [-0.2, -0.15) is 13.2 Å². The lowest BCUT2D eigenvalue weighted by atomic mass is 10.0. The lowest BCUT2D eigenvalue weighted by Gasteiger charge is -2.13. The van der Waals surface area contributed by atoms with Gasteiger partial charge >= 0.3 is 12.1 Å². The zero-order valence-electron chi connectivity index (χ0n) is 18.3. The Labute approximate surface area is 201 Å². The van der Waals surface area contributed by atoms with E-state index in [0.717, 1.165) is 6.07 Å². The molecule has 0 spiro atoms. The molecule has 1 aromatic heterocycles. The van der Waals surface area contributed by atoms with E-state index < -0.39 is 29.4 Å². The molecule has 9 nitrogen and oxygen atoms in total. The van der Waals surface area contributed by atoms with Gasteiger partial charge in [0.2, 0.25) is 5.56 Å². The molecule has 0 saturated carbocycles. The molecule has 0 aliphatic carbocycles. The van der Waals surface area contributed by atoms with Crippen LogP contribution in [0.15, 0.2) is 65.6 Å². The van der Waals surface area contributed by atoms with Gasteiger partial charge in [0.1, 0.15) is 17.3 Å². The number of amidine groups is 1. The highest BCUT2D eigenvalue weighted by molar-refractivity contribution is 5.99. The Hall–Kier alpha value is -4.87. The number of alkyl halides is 3. The highest BCUT2D eigenvalue weighted by Crippen LogP contribution is 2.29. The molecule has 6 N–H and O–H groups in total. The molecule has 1 heterocycles. The average Bonchev–Trinajstić information content (AvgIpc) is 2.82. The third-order valence-electron chi connectivity index (χ3n) is 4.79. The van der Waals surface area contributed by atoms with Crippen molar-refractivity contribution in [2.24, 2.45) is 5.73 Å². The number of pyridine rings is 1. The number of nitrogen functional groups attached to an aromatic ring is 1. The highest BCUT2D eigenvalue weighted by Gasteiger charge is 2.42. The quantitative estimate of drug-likeness (QED) is 0.145. The largest absolute Gasteiger partial charge is 0.507 e. The Balaban J connectivity index is 1.82. The van der Waals surface area contributed by atoms with Crippen LogP contribution in [0.2, 0.25) is 0 Å². The zero-order valence-corrected chi connectivity index (χ0v) is 18.3. The van der Waals surface area contributed by atoms with E-state index in [9.17, 15) is 32.7 Å². The van der Waals surface area contributed by atoms with Gasteiger partial charge in [-0.05, 0) is 47.5 Å². The van der Waals surface area contributed by atoms with Crippen LogP contribution in [0.5, 0.6) is 11.5 Å². The molecule has 36 heavy (non-hydrogen) atoms. The monoisotopic (exact) mass is 500 g/mol. The lowest BCUT2D eigenvalue weighted by Crippen LogP contribution is -2.30. The molecule has 0 aliphatic heterocycles. The number of hydrogen-bond acceptors (Lipinski definition) is 6. The van der Waals surface area contributed by atoms with E-state index in [2.05, 4.69) is 15.0 Å². The SMILES string of the molecule is N=C(N)c1ccc(O)c(/C=C/CNC(=O)c2ccc(-c3ccc(=O)[nH]c3)cc2OC(=O)C(F)(F)F)c1. The molecule has 3 aromatic rings.